The fourth-order valence-electron chi connectivity index (χ4n) is 1.84. The van der Waals surface area contributed by atoms with Gasteiger partial charge in [0.15, 0.2) is 0 Å². The van der Waals surface area contributed by atoms with E-state index >= 15 is 0 Å². The average molecular weight is 274 g/mol. The molecule has 0 saturated heterocycles. The minimum Gasteiger partial charge on any atom is -0.322 e. The van der Waals surface area contributed by atoms with Gasteiger partial charge in [-0.1, -0.05) is 24.3 Å². The Morgan fingerprint density at radius 3 is 2.53 bits per heavy atom. The van der Waals surface area contributed by atoms with E-state index in [1.165, 1.54) is 5.56 Å². The zero-order valence-corrected chi connectivity index (χ0v) is 11.8. The van der Waals surface area contributed by atoms with Gasteiger partial charge in [0.25, 0.3) is 5.91 Å². The molecule has 2 rings (SSSR count). The molecule has 0 radical (unpaired) electrons. The molecule has 0 spiro atoms. The lowest BCUT2D eigenvalue weighted by Gasteiger charge is -2.10. The third-order valence-corrected chi connectivity index (χ3v) is 3.47. The van der Waals surface area contributed by atoms with Crippen molar-refractivity contribution >= 4 is 23.2 Å². The van der Waals surface area contributed by atoms with Crippen LogP contribution in [0.5, 0.6) is 0 Å². The molecule has 98 valence electrons. The quantitative estimate of drug-likeness (QED) is 0.830. The van der Waals surface area contributed by atoms with Crippen molar-refractivity contribution in [2.45, 2.75) is 19.7 Å². The smallest absolute Gasteiger partial charge is 0.255 e. The summed E-state index contributed by atoms with van der Waals surface area (Å²) in [6, 6.07) is 13.2. The van der Waals surface area contributed by atoms with E-state index < -0.39 is 0 Å². The minimum atomic E-state index is -0.110. The summed E-state index contributed by atoms with van der Waals surface area (Å²) in [5.74, 6) is 0.268. The van der Waals surface area contributed by atoms with E-state index in [-0.39, 0.29) is 5.91 Å². The van der Waals surface area contributed by atoms with Crippen molar-refractivity contribution in [3.63, 3.8) is 0 Å². The third kappa shape index (κ3) is 3.15. The van der Waals surface area contributed by atoms with E-state index in [1.54, 1.807) is 0 Å². The van der Waals surface area contributed by atoms with Crippen LogP contribution in [0.2, 0.25) is 0 Å². The van der Waals surface area contributed by atoms with Crippen molar-refractivity contribution in [1.29, 1.82) is 0 Å². The summed E-state index contributed by atoms with van der Waals surface area (Å²) >= 11 is 5.86. The molecule has 2 nitrogen and oxygen atoms in total. The van der Waals surface area contributed by atoms with Gasteiger partial charge < -0.3 is 5.32 Å². The number of amides is 1. The van der Waals surface area contributed by atoms with Crippen molar-refractivity contribution in [1.82, 2.24) is 0 Å². The van der Waals surface area contributed by atoms with E-state index in [2.05, 4.69) is 5.32 Å². The molecule has 2 aromatic carbocycles. The molecule has 0 fully saturated rings. The lowest BCUT2D eigenvalue weighted by molar-refractivity contribution is 0.102. The molecule has 1 amide bonds. The summed E-state index contributed by atoms with van der Waals surface area (Å²) in [6.07, 6.45) is 0. The predicted octanol–water partition coefficient (Wildman–Crippen LogP) is 4.29. The summed E-state index contributed by atoms with van der Waals surface area (Å²) in [6.45, 7) is 4.03. The van der Waals surface area contributed by atoms with E-state index in [1.807, 2.05) is 56.3 Å². The summed E-state index contributed by atoms with van der Waals surface area (Å²) < 4.78 is 0. The second-order valence-corrected chi connectivity index (χ2v) is 4.81. The Balaban J connectivity index is 2.23. The number of hydrogen-bond donors (Lipinski definition) is 1. The van der Waals surface area contributed by atoms with Gasteiger partial charge in [-0.2, -0.15) is 0 Å². The van der Waals surface area contributed by atoms with Crippen LogP contribution in [0.25, 0.3) is 0 Å². The lowest BCUT2D eigenvalue weighted by Crippen LogP contribution is -2.13. The van der Waals surface area contributed by atoms with Crippen LogP contribution in [0.4, 0.5) is 5.69 Å². The highest BCUT2D eigenvalue weighted by Gasteiger charge is 2.09. The topological polar surface area (TPSA) is 29.1 Å². The minimum absolute atomic E-state index is 0.110. The summed E-state index contributed by atoms with van der Waals surface area (Å²) in [5.41, 5.74) is 4.63. The molecule has 0 aliphatic rings. The predicted molar refractivity (Wildman–Crippen MR) is 79.9 cm³/mol. The number of nitrogens with one attached hydrogen (secondary N) is 1. The Labute approximate surface area is 118 Å². The monoisotopic (exact) mass is 273 g/mol. The number of rotatable bonds is 3. The standard InChI is InChI=1S/C16H16ClNO/c1-11-7-8-13(9-12(11)2)16(19)18-15-6-4-3-5-14(15)10-17/h3-9H,10H2,1-2H3,(H,18,19). The first-order chi connectivity index (χ1) is 9.11. The maximum Gasteiger partial charge on any atom is 0.255 e. The second-order valence-electron chi connectivity index (χ2n) is 4.54. The Bertz CT molecular complexity index is 607. The Hall–Kier alpha value is -1.80. The van der Waals surface area contributed by atoms with Crippen LogP contribution in [0.15, 0.2) is 42.5 Å². The zero-order valence-electron chi connectivity index (χ0n) is 11.0. The Morgan fingerprint density at radius 2 is 1.84 bits per heavy atom. The van der Waals surface area contributed by atoms with Gasteiger partial charge in [0.2, 0.25) is 0 Å². The number of carbonyl (C=O) groups excluding carboxylic acids is 1. The van der Waals surface area contributed by atoms with Crippen LogP contribution in [0.3, 0.4) is 0 Å². The van der Waals surface area contributed by atoms with Crippen molar-refractivity contribution in [3.8, 4) is 0 Å². The first-order valence-corrected chi connectivity index (χ1v) is 6.67. The molecule has 0 saturated carbocycles. The van der Waals surface area contributed by atoms with Gasteiger partial charge >= 0.3 is 0 Å². The molecular formula is C16H16ClNO. The van der Waals surface area contributed by atoms with Crippen LogP contribution >= 0.6 is 11.6 Å². The molecule has 0 aliphatic heterocycles. The number of hydrogen-bond acceptors (Lipinski definition) is 1. The zero-order chi connectivity index (χ0) is 13.8. The van der Waals surface area contributed by atoms with E-state index in [9.17, 15) is 4.79 Å². The van der Waals surface area contributed by atoms with Gasteiger partial charge in [-0.3, -0.25) is 4.79 Å². The summed E-state index contributed by atoms with van der Waals surface area (Å²) in [5, 5.41) is 2.90. The van der Waals surface area contributed by atoms with E-state index in [0.29, 0.717) is 11.4 Å². The molecule has 3 heteroatoms. The molecule has 2 aromatic rings. The van der Waals surface area contributed by atoms with Gasteiger partial charge in [0.05, 0.1) is 0 Å². The number of halogens is 1. The number of benzene rings is 2. The van der Waals surface area contributed by atoms with Crippen LogP contribution < -0.4 is 5.32 Å². The van der Waals surface area contributed by atoms with Crippen LogP contribution in [-0.2, 0) is 5.88 Å². The molecule has 0 bridgehead atoms. The molecule has 0 aromatic heterocycles. The number of carbonyl (C=O) groups is 1. The first-order valence-electron chi connectivity index (χ1n) is 6.14. The number of para-hydroxylation sites is 1. The van der Waals surface area contributed by atoms with Crippen LogP contribution in [-0.4, -0.2) is 5.91 Å². The normalized spacial score (nSPS) is 10.3. The summed E-state index contributed by atoms with van der Waals surface area (Å²) in [4.78, 5) is 12.2. The van der Waals surface area contributed by atoms with Crippen molar-refractivity contribution < 1.29 is 4.79 Å². The second kappa shape index (κ2) is 5.89. The SMILES string of the molecule is Cc1ccc(C(=O)Nc2ccccc2CCl)cc1C. The van der Waals surface area contributed by atoms with Crippen molar-refractivity contribution in [2.75, 3.05) is 5.32 Å². The van der Waals surface area contributed by atoms with Crippen molar-refractivity contribution in [3.05, 3.63) is 64.7 Å². The number of aryl methyl sites for hydroxylation is 2. The van der Waals surface area contributed by atoms with Gasteiger partial charge in [0, 0.05) is 17.1 Å². The highest BCUT2D eigenvalue weighted by Crippen LogP contribution is 2.18. The first kappa shape index (κ1) is 13.6. The Morgan fingerprint density at radius 1 is 1.11 bits per heavy atom. The molecule has 1 N–H and O–H groups in total. The number of alkyl halides is 1. The molecule has 0 aliphatic carbocycles. The van der Waals surface area contributed by atoms with Gasteiger partial charge in [0.1, 0.15) is 0 Å². The fourth-order valence-corrected chi connectivity index (χ4v) is 2.07. The largest absolute Gasteiger partial charge is 0.322 e. The third-order valence-electron chi connectivity index (χ3n) is 3.18. The molecular weight excluding hydrogens is 258 g/mol. The van der Waals surface area contributed by atoms with Crippen LogP contribution in [0.1, 0.15) is 27.0 Å². The fraction of sp³-hybridized carbons (Fsp3) is 0.188. The maximum absolute atomic E-state index is 12.2. The Kier molecular flexibility index (Phi) is 4.23. The molecule has 0 heterocycles. The van der Waals surface area contributed by atoms with E-state index in [0.717, 1.165) is 16.8 Å². The van der Waals surface area contributed by atoms with Gasteiger partial charge in [-0.25, -0.2) is 0 Å². The number of anilines is 1. The average Bonchev–Trinajstić information content (AvgIpc) is 2.42. The van der Waals surface area contributed by atoms with Gasteiger partial charge in [-0.15, -0.1) is 11.6 Å². The molecule has 19 heavy (non-hydrogen) atoms. The highest BCUT2D eigenvalue weighted by atomic mass is 35.5. The molecule has 0 unspecified atom stereocenters. The van der Waals surface area contributed by atoms with E-state index in [4.69, 9.17) is 11.6 Å². The maximum atomic E-state index is 12.2. The van der Waals surface area contributed by atoms with Crippen molar-refractivity contribution in [2.24, 2.45) is 0 Å². The lowest BCUT2D eigenvalue weighted by atomic mass is 10.1. The molecule has 0 atom stereocenters. The summed E-state index contributed by atoms with van der Waals surface area (Å²) in [7, 11) is 0. The highest BCUT2D eigenvalue weighted by molar-refractivity contribution is 6.17. The van der Waals surface area contributed by atoms with Gasteiger partial charge in [-0.05, 0) is 48.7 Å². The van der Waals surface area contributed by atoms with Crippen LogP contribution in [0, 0.1) is 13.8 Å².